The molecule has 1 N–H and O–H groups in total. The smallest absolute Gasteiger partial charge is 0.469 e. The van der Waals surface area contributed by atoms with E-state index in [1.807, 2.05) is 5.53 Å². The molecule has 0 unspecified atom stereocenters. The number of carbonyl (C=O) groups is 2. The van der Waals surface area contributed by atoms with Gasteiger partial charge in [0, 0.05) is 5.92 Å². The van der Waals surface area contributed by atoms with E-state index >= 15 is 0 Å². The fourth-order valence-corrected chi connectivity index (χ4v) is 5.53. The summed E-state index contributed by atoms with van der Waals surface area (Å²) in [6.45, 7) is 0.00829. The molecule has 1 saturated carbocycles. The molecule has 3 aliphatic rings. The molecule has 2 aliphatic heterocycles. The summed E-state index contributed by atoms with van der Waals surface area (Å²) in [7, 11) is 2.49. The lowest BCUT2D eigenvalue weighted by Gasteiger charge is -2.31. The average molecular weight is 548 g/mol. The molecule has 2 heterocycles. The van der Waals surface area contributed by atoms with Crippen LogP contribution in [-0.4, -0.2) is 56.1 Å². The van der Waals surface area contributed by atoms with Crippen molar-refractivity contribution in [2.75, 3.05) is 25.8 Å². The second-order valence-electron chi connectivity index (χ2n) is 9.30. The number of nitrogens with zero attached hydrogens (tertiary/aromatic N) is 3. The van der Waals surface area contributed by atoms with Crippen LogP contribution in [0.5, 0.6) is 0 Å². The first-order valence-electron chi connectivity index (χ1n) is 11.9. The van der Waals surface area contributed by atoms with E-state index in [-0.39, 0.29) is 23.0 Å². The Kier molecular flexibility index (Phi) is 6.81. The van der Waals surface area contributed by atoms with Crippen LogP contribution >= 0.6 is 0 Å². The van der Waals surface area contributed by atoms with Gasteiger partial charge in [0.15, 0.2) is 0 Å². The van der Waals surface area contributed by atoms with Gasteiger partial charge in [0.2, 0.25) is 0 Å². The molecule has 0 radical (unpaired) electrons. The molecule has 0 saturated heterocycles. The monoisotopic (exact) mass is 548 g/mol. The van der Waals surface area contributed by atoms with E-state index in [1.54, 1.807) is 18.2 Å². The largest absolute Gasteiger partial charge is 0.497 e. The van der Waals surface area contributed by atoms with Crippen LogP contribution < -0.4 is 10.5 Å². The quantitative estimate of drug-likeness (QED) is 0.339. The molecule has 2 aromatic rings. The SMILES string of the molecule is COC(=O)c1ccc(N2C=NNN2C(F)(F)F)cc1C1=C[C@@]2(CC[C@H](C(=O)OC)[C@H]2c2ccc(F)cc2)OC1. The number of hydrogen-bond donors (Lipinski definition) is 1. The Morgan fingerprint density at radius 3 is 2.54 bits per heavy atom. The summed E-state index contributed by atoms with van der Waals surface area (Å²) >= 11 is 0. The van der Waals surface area contributed by atoms with Crippen LogP contribution in [0.25, 0.3) is 5.57 Å². The molecule has 39 heavy (non-hydrogen) atoms. The molecule has 206 valence electrons. The number of esters is 2. The minimum Gasteiger partial charge on any atom is -0.469 e. The van der Waals surface area contributed by atoms with Gasteiger partial charge in [0.1, 0.15) is 12.2 Å². The zero-order valence-electron chi connectivity index (χ0n) is 20.9. The molecular weight excluding hydrogens is 524 g/mol. The van der Waals surface area contributed by atoms with E-state index in [0.29, 0.717) is 29.5 Å². The van der Waals surface area contributed by atoms with Gasteiger partial charge in [0.05, 0.1) is 43.6 Å². The molecule has 2 aromatic carbocycles. The Balaban J connectivity index is 1.59. The molecular formula is C26H24F4N4O5. The molecule has 3 atom stereocenters. The van der Waals surface area contributed by atoms with Crippen molar-refractivity contribution in [3.63, 3.8) is 0 Å². The fraction of sp³-hybridized carbons (Fsp3) is 0.346. The number of hydrazone groups is 1. The Labute approximate surface area is 220 Å². The first-order valence-corrected chi connectivity index (χ1v) is 11.9. The van der Waals surface area contributed by atoms with Crippen LogP contribution in [0.4, 0.5) is 23.2 Å². The average Bonchev–Trinajstić information content (AvgIpc) is 3.67. The maximum atomic E-state index is 13.7. The Hall–Kier alpha value is -3.97. The van der Waals surface area contributed by atoms with Crippen molar-refractivity contribution in [1.29, 1.82) is 0 Å². The number of hydrogen-bond acceptors (Lipinski definition) is 9. The van der Waals surface area contributed by atoms with E-state index in [9.17, 15) is 27.2 Å². The number of anilines is 1. The lowest BCUT2D eigenvalue weighted by molar-refractivity contribution is -0.259. The van der Waals surface area contributed by atoms with Crippen LogP contribution in [0.2, 0.25) is 0 Å². The van der Waals surface area contributed by atoms with Gasteiger partial charge in [-0.15, -0.1) is 0 Å². The first kappa shape index (κ1) is 26.6. The summed E-state index contributed by atoms with van der Waals surface area (Å²) in [6.07, 6.45) is -1.18. The fourth-order valence-electron chi connectivity index (χ4n) is 5.53. The number of rotatable bonds is 5. The Morgan fingerprint density at radius 1 is 1.13 bits per heavy atom. The Bertz CT molecular complexity index is 1350. The number of nitrogens with one attached hydrogen (secondary N) is 1. The normalized spacial score (nSPS) is 24.7. The van der Waals surface area contributed by atoms with Gasteiger partial charge in [0.25, 0.3) is 0 Å². The third kappa shape index (κ3) is 4.72. The third-order valence-electron chi connectivity index (χ3n) is 7.22. The van der Waals surface area contributed by atoms with Crippen molar-refractivity contribution in [2.45, 2.75) is 30.7 Å². The summed E-state index contributed by atoms with van der Waals surface area (Å²) in [5, 5.41) is 4.12. The van der Waals surface area contributed by atoms with E-state index < -0.39 is 41.5 Å². The number of methoxy groups -OCH3 is 2. The van der Waals surface area contributed by atoms with Crippen LogP contribution in [0.15, 0.2) is 53.6 Å². The maximum absolute atomic E-state index is 13.7. The predicted molar refractivity (Wildman–Crippen MR) is 130 cm³/mol. The van der Waals surface area contributed by atoms with Gasteiger partial charge in [-0.05, 0) is 71.1 Å². The van der Waals surface area contributed by atoms with E-state index in [1.165, 1.54) is 44.6 Å². The molecule has 9 nitrogen and oxygen atoms in total. The van der Waals surface area contributed by atoms with Crippen molar-refractivity contribution in [3.05, 3.63) is 71.0 Å². The van der Waals surface area contributed by atoms with E-state index in [4.69, 9.17) is 14.2 Å². The van der Waals surface area contributed by atoms with E-state index in [2.05, 4.69) is 5.10 Å². The number of ether oxygens (including phenoxy) is 3. The minimum absolute atomic E-state index is 0.00829. The molecule has 0 amide bonds. The second kappa shape index (κ2) is 9.97. The molecule has 0 aromatic heterocycles. The highest BCUT2D eigenvalue weighted by Crippen LogP contribution is 2.54. The van der Waals surface area contributed by atoms with Gasteiger partial charge < -0.3 is 14.2 Å². The summed E-state index contributed by atoms with van der Waals surface area (Å²) in [5.41, 5.74) is 2.57. The highest BCUT2D eigenvalue weighted by molar-refractivity contribution is 5.97. The molecule has 1 aliphatic carbocycles. The maximum Gasteiger partial charge on any atom is 0.497 e. The zero-order valence-corrected chi connectivity index (χ0v) is 20.9. The van der Waals surface area contributed by atoms with Crippen molar-refractivity contribution in [3.8, 4) is 0 Å². The van der Waals surface area contributed by atoms with Crippen LogP contribution in [0.1, 0.15) is 40.2 Å². The Morgan fingerprint density at radius 2 is 1.87 bits per heavy atom. The molecule has 0 bridgehead atoms. The minimum atomic E-state index is -4.79. The standard InChI is InChI=1S/C26H24F4N4O5/c1-37-23(35)19-8-7-18(33-14-31-32-34(33)26(28,29)30)11-21(19)16-12-25(39-13-16)10-9-20(24(36)38-2)22(25)15-3-5-17(27)6-4-15/h3-8,11-12,14,20,22,32H,9-10,13H2,1-2H3/t20-,22+,25+/m0/s1. The zero-order chi connectivity index (χ0) is 27.9. The summed E-state index contributed by atoms with van der Waals surface area (Å²) in [5.74, 6) is -2.65. The summed E-state index contributed by atoms with van der Waals surface area (Å²) < 4.78 is 70.4. The van der Waals surface area contributed by atoms with Gasteiger partial charge in [-0.1, -0.05) is 12.1 Å². The van der Waals surface area contributed by atoms with Crippen LogP contribution in [0, 0.1) is 11.7 Å². The van der Waals surface area contributed by atoms with Crippen molar-refractivity contribution < 1.29 is 41.4 Å². The molecule has 1 spiro atoms. The summed E-state index contributed by atoms with van der Waals surface area (Å²) in [4.78, 5) is 25.3. The van der Waals surface area contributed by atoms with Crippen LogP contribution in [0.3, 0.4) is 0 Å². The highest BCUT2D eigenvalue weighted by atomic mass is 19.4. The van der Waals surface area contributed by atoms with Crippen molar-refractivity contribution in [1.82, 2.24) is 10.7 Å². The van der Waals surface area contributed by atoms with Crippen molar-refractivity contribution in [2.24, 2.45) is 11.0 Å². The van der Waals surface area contributed by atoms with Gasteiger partial charge >= 0.3 is 18.2 Å². The number of alkyl halides is 3. The lowest BCUT2D eigenvalue weighted by atomic mass is 9.79. The number of hydrazine groups is 2. The summed E-state index contributed by atoms with van der Waals surface area (Å²) in [6, 6.07) is 9.89. The molecule has 1 fully saturated rings. The van der Waals surface area contributed by atoms with Crippen molar-refractivity contribution >= 4 is 29.5 Å². The van der Waals surface area contributed by atoms with E-state index in [0.717, 1.165) is 11.3 Å². The van der Waals surface area contributed by atoms with Gasteiger partial charge in [-0.25, -0.2) is 19.7 Å². The molecule has 5 rings (SSSR count). The highest BCUT2D eigenvalue weighted by Gasteiger charge is 2.54. The van der Waals surface area contributed by atoms with Gasteiger partial charge in [-0.3, -0.25) is 4.79 Å². The second-order valence-corrected chi connectivity index (χ2v) is 9.30. The number of halogens is 4. The third-order valence-corrected chi connectivity index (χ3v) is 7.22. The lowest BCUT2D eigenvalue weighted by Crippen LogP contribution is -2.52. The number of carbonyl (C=O) groups excluding carboxylic acids is 2. The number of benzene rings is 2. The molecule has 13 heteroatoms. The topological polar surface area (TPSA) is 92.7 Å². The van der Waals surface area contributed by atoms with Crippen LogP contribution in [-0.2, 0) is 19.0 Å². The predicted octanol–water partition coefficient (Wildman–Crippen LogP) is 4.14. The first-order chi connectivity index (χ1) is 18.6. The van der Waals surface area contributed by atoms with Gasteiger partial charge in [-0.2, -0.15) is 18.3 Å².